The van der Waals surface area contributed by atoms with Crippen molar-refractivity contribution in [1.82, 2.24) is 19.7 Å². The van der Waals surface area contributed by atoms with Crippen molar-refractivity contribution in [3.63, 3.8) is 0 Å². The molecule has 0 bridgehead atoms. The van der Waals surface area contributed by atoms with Gasteiger partial charge in [0.2, 0.25) is 5.95 Å². The third kappa shape index (κ3) is 3.44. The van der Waals surface area contributed by atoms with Crippen LogP contribution in [0.5, 0.6) is 0 Å². The lowest BCUT2D eigenvalue weighted by molar-refractivity contribution is 0.863. The third-order valence-electron chi connectivity index (χ3n) is 3.39. The monoisotopic (exact) mass is 340 g/mol. The van der Waals surface area contributed by atoms with Gasteiger partial charge in [0.15, 0.2) is 0 Å². The van der Waals surface area contributed by atoms with Gasteiger partial charge in [0.05, 0.1) is 23.2 Å². The summed E-state index contributed by atoms with van der Waals surface area (Å²) in [5.74, 6) is 0.452. The third-order valence-corrected chi connectivity index (χ3v) is 3.75. The zero-order chi connectivity index (χ0) is 17.1. The highest BCUT2D eigenvalue weighted by Crippen LogP contribution is 2.21. The fraction of sp³-hybridized carbons (Fsp3) is 0.176. The molecule has 0 aliphatic heterocycles. The maximum atomic E-state index is 6.45. The number of aryl methyl sites for hydroxylation is 3. The number of benzene rings is 1. The highest BCUT2D eigenvalue weighted by atomic mass is 35.5. The molecular weight excluding hydrogens is 324 g/mol. The van der Waals surface area contributed by atoms with Crippen molar-refractivity contribution in [3.05, 3.63) is 64.2 Å². The number of nitrogens with zero attached hydrogens (tertiary/aromatic N) is 5. The molecule has 6 nitrogen and oxygen atoms in total. The van der Waals surface area contributed by atoms with Gasteiger partial charge in [-0.15, -0.1) is 0 Å². The van der Waals surface area contributed by atoms with E-state index in [-0.39, 0.29) is 0 Å². The molecule has 0 atom stereocenters. The number of rotatable bonds is 4. The second kappa shape index (κ2) is 6.80. The Morgan fingerprint density at radius 2 is 1.75 bits per heavy atom. The smallest absolute Gasteiger partial charge is 0.243 e. The van der Waals surface area contributed by atoms with Crippen molar-refractivity contribution in [3.8, 4) is 5.69 Å². The normalized spacial score (nSPS) is 11.2. The van der Waals surface area contributed by atoms with Crippen LogP contribution < -0.4 is 5.43 Å². The van der Waals surface area contributed by atoms with Gasteiger partial charge in [-0.2, -0.15) is 10.2 Å². The molecule has 1 N–H and O–H groups in total. The van der Waals surface area contributed by atoms with Gasteiger partial charge >= 0.3 is 0 Å². The summed E-state index contributed by atoms with van der Waals surface area (Å²) in [6.07, 6.45) is 1.63. The van der Waals surface area contributed by atoms with Crippen molar-refractivity contribution >= 4 is 23.8 Å². The van der Waals surface area contributed by atoms with Gasteiger partial charge in [0.25, 0.3) is 0 Å². The molecule has 0 saturated heterocycles. The van der Waals surface area contributed by atoms with Crippen molar-refractivity contribution in [2.24, 2.45) is 5.10 Å². The Balaban J connectivity index is 1.84. The second-order valence-electron chi connectivity index (χ2n) is 5.38. The van der Waals surface area contributed by atoms with Crippen LogP contribution in [0.15, 0.2) is 41.5 Å². The Labute approximate surface area is 145 Å². The molecule has 0 fully saturated rings. The minimum absolute atomic E-state index is 0.452. The molecule has 24 heavy (non-hydrogen) atoms. The molecule has 2 heterocycles. The zero-order valence-electron chi connectivity index (χ0n) is 13.7. The standard InChI is InChI=1S/C17H17ClN6/c1-11-9-12(2)21-17(20-11)22-19-10-15-13(3)23-24(16(15)18)14-7-5-4-6-8-14/h4-10H,1-3H3,(H,20,21,22). The van der Waals surface area contributed by atoms with Gasteiger partial charge in [-0.3, -0.25) is 0 Å². The van der Waals surface area contributed by atoms with E-state index in [1.807, 2.05) is 57.2 Å². The fourth-order valence-electron chi connectivity index (χ4n) is 2.33. The highest BCUT2D eigenvalue weighted by Gasteiger charge is 2.12. The number of anilines is 1. The second-order valence-corrected chi connectivity index (χ2v) is 5.74. The average molecular weight is 341 g/mol. The average Bonchev–Trinajstić information content (AvgIpc) is 2.83. The Morgan fingerprint density at radius 3 is 2.42 bits per heavy atom. The maximum Gasteiger partial charge on any atom is 0.243 e. The van der Waals surface area contributed by atoms with Crippen LogP contribution in [0.2, 0.25) is 5.15 Å². The summed E-state index contributed by atoms with van der Waals surface area (Å²) in [6, 6.07) is 11.6. The lowest BCUT2D eigenvalue weighted by atomic mass is 10.3. The summed E-state index contributed by atoms with van der Waals surface area (Å²) in [5, 5.41) is 9.16. The Bertz CT molecular complexity index is 865. The number of nitrogens with one attached hydrogen (secondary N) is 1. The quantitative estimate of drug-likeness (QED) is 0.581. The van der Waals surface area contributed by atoms with Gasteiger partial charge in [0.1, 0.15) is 5.15 Å². The largest absolute Gasteiger partial charge is 0.245 e. The molecule has 0 aliphatic carbocycles. The first-order valence-corrected chi connectivity index (χ1v) is 7.84. The van der Waals surface area contributed by atoms with Crippen molar-refractivity contribution in [2.75, 3.05) is 5.43 Å². The molecule has 0 spiro atoms. The Hall–Kier alpha value is -2.73. The molecule has 3 aromatic rings. The molecule has 2 aromatic heterocycles. The van der Waals surface area contributed by atoms with Crippen LogP contribution in [-0.2, 0) is 0 Å². The predicted molar refractivity (Wildman–Crippen MR) is 96.0 cm³/mol. The van der Waals surface area contributed by atoms with E-state index in [0.29, 0.717) is 11.1 Å². The lowest BCUT2D eigenvalue weighted by Gasteiger charge is -2.02. The van der Waals surface area contributed by atoms with Crippen molar-refractivity contribution < 1.29 is 0 Å². The minimum Gasteiger partial charge on any atom is -0.245 e. The number of hydrogen-bond donors (Lipinski definition) is 1. The number of hydrazone groups is 1. The molecule has 1 aromatic carbocycles. The molecule has 0 amide bonds. The first-order valence-electron chi connectivity index (χ1n) is 7.46. The molecule has 3 rings (SSSR count). The maximum absolute atomic E-state index is 6.45. The summed E-state index contributed by atoms with van der Waals surface area (Å²) >= 11 is 6.45. The van der Waals surface area contributed by atoms with Crippen LogP contribution in [-0.4, -0.2) is 26.0 Å². The van der Waals surface area contributed by atoms with E-state index in [2.05, 4.69) is 25.6 Å². The van der Waals surface area contributed by atoms with E-state index in [1.165, 1.54) is 0 Å². The number of aromatic nitrogens is 4. The van der Waals surface area contributed by atoms with Crippen molar-refractivity contribution in [1.29, 1.82) is 0 Å². The molecule has 0 aliphatic rings. The zero-order valence-corrected chi connectivity index (χ0v) is 14.4. The van der Waals surface area contributed by atoms with Crippen LogP contribution >= 0.6 is 11.6 Å². The number of halogens is 1. The summed E-state index contributed by atoms with van der Waals surface area (Å²) in [5.41, 5.74) is 7.03. The van der Waals surface area contributed by atoms with Crippen molar-refractivity contribution in [2.45, 2.75) is 20.8 Å². The van der Waals surface area contributed by atoms with E-state index in [9.17, 15) is 0 Å². The number of para-hydroxylation sites is 1. The minimum atomic E-state index is 0.452. The summed E-state index contributed by atoms with van der Waals surface area (Å²) < 4.78 is 1.69. The van der Waals surface area contributed by atoms with Crippen LogP contribution in [0, 0.1) is 20.8 Å². The molecule has 0 saturated carbocycles. The Morgan fingerprint density at radius 1 is 1.08 bits per heavy atom. The van der Waals surface area contributed by atoms with Gasteiger partial charge in [-0.25, -0.2) is 20.1 Å². The topological polar surface area (TPSA) is 68.0 Å². The number of hydrogen-bond acceptors (Lipinski definition) is 5. The van der Waals surface area contributed by atoms with Gasteiger partial charge in [-0.05, 0) is 39.0 Å². The summed E-state index contributed by atoms with van der Waals surface area (Å²) in [7, 11) is 0. The lowest BCUT2D eigenvalue weighted by Crippen LogP contribution is -2.00. The van der Waals surface area contributed by atoms with E-state index >= 15 is 0 Å². The SMILES string of the molecule is Cc1cc(C)nc(NN=Cc2c(C)nn(-c3ccccc3)c2Cl)n1. The van der Waals surface area contributed by atoms with Crippen LogP contribution in [0.25, 0.3) is 5.69 Å². The van der Waals surface area contributed by atoms with E-state index in [4.69, 9.17) is 11.6 Å². The summed E-state index contributed by atoms with van der Waals surface area (Å²) in [6.45, 7) is 5.71. The predicted octanol–water partition coefficient (Wildman–Crippen LogP) is 3.69. The van der Waals surface area contributed by atoms with E-state index in [0.717, 1.165) is 28.3 Å². The summed E-state index contributed by atoms with van der Waals surface area (Å²) in [4.78, 5) is 8.55. The van der Waals surface area contributed by atoms with Crippen LogP contribution in [0.4, 0.5) is 5.95 Å². The van der Waals surface area contributed by atoms with E-state index in [1.54, 1.807) is 10.9 Å². The van der Waals surface area contributed by atoms with E-state index < -0.39 is 0 Å². The Kier molecular flexibility index (Phi) is 4.57. The molecule has 7 heteroatoms. The molecule has 0 radical (unpaired) electrons. The van der Waals surface area contributed by atoms with Crippen LogP contribution in [0.3, 0.4) is 0 Å². The van der Waals surface area contributed by atoms with Gasteiger partial charge in [0, 0.05) is 11.4 Å². The van der Waals surface area contributed by atoms with Crippen LogP contribution in [0.1, 0.15) is 22.6 Å². The van der Waals surface area contributed by atoms with Gasteiger partial charge in [-0.1, -0.05) is 29.8 Å². The van der Waals surface area contributed by atoms with Gasteiger partial charge < -0.3 is 0 Å². The molecule has 0 unspecified atom stereocenters. The first-order chi connectivity index (χ1) is 11.5. The first kappa shape index (κ1) is 16.1. The molecule has 122 valence electrons. The highest BCUT2D eigenvalue weighted by molar-refractivity contribution is 6.32. The molecular formula is C17H17ClN6. The fourth-order valence-corrected chi connectivity index (χ4v) is 2.65.